The number of carbonyl (C=O) groups is 2. The zero-order chi connectivity index (χ0) is 23.4. The highest BCUT2D eigenvalue weighted by molar-refractivity contribution is 5.93. The number of nitrogens with one attached hydrogen (secondary N) is 2. The lowest BCUT2D eigenvalue weighted by molar-refractivity contribution is -0.0449. The third kappa shape index (κ3) is 4.26. The monoisotopic (exact) mass is 448 g/mol. The van der Waals surface area contributed by atoms with Crippen molar-refractivity contribution in [3.63, 3.8) is 0 Å². The highest BCUT2D eigenvalue weighted by Crippen LogP contribution is 2.57. The molecule has 174 valence electrons. The van der Waals surface area contributed by atoms with Crippen LogP contribution in [0, 0.1) is 18.8 Å². The lowest BCUT2D eigenvalue weighted by Gasteiger charge is -2.62. The van der Waals surface area contributed by atoms with Crippen LogP contribution >= 0.6 is 0 Å². The zero-order valence-electron chi connectivity index (χ0n) is 19.5. The summed E-state index contributed by atoms with van der Waals surface area (Å²) in [5.41, 5.74) is 0.259. The molecule has 7 nitrogen and oxygen atoms in total. The number of aromatic nitrogens is 2. The number of carbonyl (C=O) groups excluding carboxylic acids is 2. The second-order valence-corrected chi connectivity index (χ2v) is 11.1. The second-order valence-electron chi connectivity index (χ2n) is 11.1. The van der Waals surface area contributed by atoms with Crippen molar-refractivity contribution in [3.8, 4) is 0 Å². The van der Waals surface area contributed by atoms with Crippen LogP contribution in [0.25, 0.3) is 0 Å². The molecule has 4 fully saturated rings. The van der Waals surface area contributed by atoms with Crippen LogP contribution in [0.2, 0.25) is 0 Å². The Morgan fingerprint density at radius 3 is 1.94 bits per heavy atom. The molecular formula is C26H32N4O3. The standard InChI is InChI=1S/C26H32N4O3/c1-16-6-4-7-19(27-16)22(31)29-25-11-17-10-18(12-25)14-26(13-17,15-25)30-23(32)20-8-5-9-21(28-20)24(2,3)33/h4-9,17-18,33H,10-15H2,1-3H3,(H,29,31)(H,30,32). The molecule has 0 radical (unpaired) electrons. The molecule has 2 heterocycles. The van der Waals surface area contributed by atoms with Gasteiger partial charge >= 0.3 is 0 Å². The Hall–Kier alpha value is -2.80. The minimum Gasteiger partial charge on any atom is -0.384 e. The van der Waals surface area contributed by atoms with Crippen LogP contribution in [0.4, 0.5) is 0 Å². The average molecular weight is 449 g/mol. The lowest BCUT2D eigenvalue weighted by atomic mass is 9.49. The van der Waals surface area contributed by atoms with E-state index in [1.54, 1.807) is 38.1 Å². The topological polar surface area (TPSA) is 104 Å². The Morgan fingerprint density at radius 2 is 1.42 bits per heavy atom. The first kappa shape index (κ1) is 22.0. The van der Waals surface area contributed by atoms with Gasteiger partial charge in [-0.15, -0.1) is 0 Å². The van der Waals surface area contributed by atoms with Gasteiger partial charge in [0.1, 0.15) is 17.0 Å². The van der Waals surface area contributed by atoms with Crippen molar-refractivity contribution in [2.75, 3.05) is 0 Å². The smallest absolute Gasteiger partial charge is 0.270 e. The van der Waals surface area contributed by atoms with Gasteiger partial charge in [0, 0.05) is 16.8 Å². The maximum Gasteiger partial charge on any atom is 0.270 e. The summed E-state index contributed by atoms with van der Waals surface area (Å²) < 4.78 is 0. The zero-order valence-corrected chi connectivity index (χ0v) is 19.5. The van der Waals surface area contributed by atoms with Crippen LogP contribution < -0.4 is 10.6 Å². The molecule has 2 atom stereocenters. The van der Waals surface area contributed by atoms with E-state index in [2.05, 4.69) is 20.6 Å². The summed E-state index contributed by atoms with van der Waals surface area (Å²) >= 11 is 0. The van der Waals surface area contributed by atoms with Crippen LogP contribution in [-0.2, 0) is 5.60 Å². The summed E-state index contributed by atoms with van der Waals surface area (Å²) in [6.07, 6.45) is 5.64. The van der Waals surface area contributed by atoms with E-state index in [9.17, 15) is 14.7 Å². The van der Waals surface area contributed by atoms with E-state index in [-0.39, 0.29) is 22.9 Å². The molecule has 2 aromatic heterocycles. The number of aryl methyl sites for hydroxylation is 1. The van der Waals surface area contributed by atoms with Crippen molar-refractivity contribution in [2.24, 2.45) is 11.8 Å². The molecule has 4 aliphatic carbocycles. The van der Waals surface area contributed by atoms with Gasteiger partial charge in [-0.1, -0.05) is 12.1 Å². The van der Waals surface area contributed by atoms with Crippen molar-refractivity contribution < 1.29 is 14.7 Å². The van der Waals surface area contributed by atoms with Crippen LogP contribution in [0.5, 0.6) is 0 Å². The van der Waals surface area contributed by atoms with Gasteiger partial charge < -0.3 is 15.7 Å². The van der Waals surface area contributed by atoms with E-state index in [4.69, 9.17) is 0 Å². The first-order chi connectivity index (χ1) is 15.5. The summed E-state index contributed by atoms with van der Waals surface area (Å²) in [6, 6.07) is 10.7. The molecule has 33 heavy (non-hydrogen) atoms. The molecule has 2 amide bonds. The Morgan fingerprint density at radius 1 is 0.909 bits per heavy atom. The summed E-state index contributed by atoms with van der Waals surface area (Å²) in [5.74, 6) is 0.604. The molecule has 0 aromatic carbocycles. The van der Waals surface area contributed by atoms with Crippen molar-refractivity contribution in [3.05, 3.63) is 59.2 Å². The Labute approximate surface area is 194 Å². The van der Waals surface area contributed by atoms with Crippen molar-refractivity contribution in [1.82, 2.24) is 20.6 Å². The van der Waals surface area contributed by atoms with Crippen LogP contribution in [0.15, 0.2) is 36.4 Å². The van der Waals surface area contributed by atoms with Gasteiger partial charge in [0.15, 0.2) is 0 Å². The first-order valence-corrected chi connectivity index (χ1v) is 11.8. The van der Waals surface area contributed by atoms with E-state index in [1.807, 2.05) is 19.1 Å². The molecule has 2 aromatic rings. The van der Waals surface area contributed by atoms with Crippen molar-refractivity contribution in [1.29, 1.82) is 0 Å². The van der Waals surface area contributed by atoms with Gasteiger partial charge in [-0.25, -0.2) is 9.97 Å². The Kier molecular flexibility index (Phi) is 5.08. The summed E-state index contributed by atoms with van der Waals surface area (Å²) in [4.78, 5) is 35.1. The number of nitrogens with zero attached hydrogens (tertiary/aromatic N) is 2. The van der Waals surface area contributed by atoms with E-state index in [0.29, 0.717) is 28.9 Å². The van der Waals surface area contributed by atoms with Gasteiger partial charge in [0.25, 0.3) is 11.8 Å². The Bertz CT molecular complexity index is 1090. The number of pyridine rings is 2. The molecule has 0 spiro atoms. The fraction of sp³-hybridized carbons (Fsp3) is 0.538. The van der Waals surface area contributed by atoms with Crippen molar-refractivity contribution >= 4 is 11.8 Å². The fourth-order valence-corrected chi connectivity index (χ4v) is 6.74. The first-order valence-electron chi connectivity index (χ1n) is 11.8. The van der Waals surface area contributed by atoms with Gasteiger partial charge in [-0.05, 0) is 95.4 Å². The maximum atomic E-state index is 13.2. The molecule has 0 saturated heterocycles. The Balaban J connectivity index is 1.37. The minimum atomic E-state index is -1.12. The molecule has 0 aliphatic heterocycles. The van der Waals surface area contributed by atoms with Crippen LogP contribution in [0.1, 0.15) is 84.7 Å². The number of amides is 2. The molecule has 7 heteroatoms. The van der Waals surface area contributed by atoms with Crippen LogP contribution in [0.3, 0.4) is 0 Å². The molecule has 4 saturated carbocycles. The quantitative estimate of drug-likeness (QED) is 0.651. The van der Waals surface area contributed by atoms with Crippen molar-refractivity contribution in [2.45, 2.75) is 76.0 Å². The predicted octanol–water partition coefficient (Wildman–Crippen LogP) is 3.26. The number of hydrogen-bond acceptors (Lipinski definition) is 5. The molecular weight excluding hydrogens is 416 g/mol. The van der Waals surface area contributed by atoms with E-state index in [1.165, 1.54) is 0 Å². The third-order valence-electron chi connectivity index (χ3n) is 7.55. The number of rotatable bonds is 5. The molecule has 2 unspecified atom stereocenters. The summed E-state index contributed by atoms with van der Waals surface area (Å²) in [6.45, 7) is 5.20. The van der Waals surface area contributed by atoms with Crippen LogP contribution in [-0.4, -0.2) is 38.0 Å². The van der Waals surface area contributed by atoms with Gasteiger partial charge in [0.05, 0.1) is 5.69 Å². The summed E-state index contributed by atoms with van der Waals surface area (Å²) in [5, 5.41) is 16.9. The molecule has 6 rings (SSSR count). The molecule has 4 aliphatic rings. The summed E-state index contributed by atoms with van der Waals surface area (Å²) in [7, 11) is 0. The highest BCUT2D eigenvalue weighted by Gasteiger charge is 2.58. The van der Waals surface area contributed by atoms with E-state index < -0.39 is 5.60 Å². The van der Waals surface area contributed by atoms with Gasteiger partial charge in [-0.3, -0.25) is 9.59 Å². The van der Waals surface area contributed by atoms with Gasteiger partial charge in [-0.2, -0.15) is 0 Å². The molecule has 3 N–H and O–H groups in total. The number of aliphatic hydroxyl groups is 1. The largest absolute Gasteiger partial charge is 0.384 e. The van der Waals surface area contributed by atoms with Gasteiger partial charge in [0.2, 0.25) is 0 Å². The molecule has 4 bridgehead atoms. The highest BCUT2D eigenvalue weighted by atomic mass is 16.3. The lowest BCUT2D eigenvalue weighted by Crippen LogP contribution is -2.70. The second kappa shape index (κ2) is 7.62. The maximum absolute atomic E-state index is 13.2. The predicted molar refractivity (Wildman–Crippen MR) is 124 cm³/mol. The average Bonchev–Trinajstić information content (AvgIpc) is 2.71. The minimum absolute atomic E-state index is 0.137. The third-order valence-corrected chi connectivity index (χ3v) is 7.55. The normalized spacial score (nSPS) is 30.2. The SMILES string of the molecule is Cc1cccc(C(=O)NC23CC4CC(C2)CC(NC(=O)c2cccc(C(C)(C)O)n2)(C4)C3)n1. The number of hydrogen-bond donors (Lipinski definition) is 3. The van der Waals surface area contributed by atoms with E-state index >= 15 is 0 Å². The van der Waals surface area contributed by atoms with E-state index in [0.717, 1.165) is 44.2 Å². The fourth-order valence-electron chi connectivity index (χ4n) is 6.74.